The molecule has 0 aliphatic carbocycles. The quantitative estimate of drug-likeness (QED) is 0.476. The van der Waals surface area contributed by atoms with Gasteiger partial charge in [0.25, 0.3) is 11.8 Å². The predicted octanol–water partition coefficient (Wildman–Crippen LogP) is 5.98. The molecule has 0 atom stereocenters. The van der Waals surface area contributed by atoms with Gasteiger partial charge < -0.3 is 10.1 Å². The number of nitrogens with one attached hydrogen (secondary N) is 1. The Bertz CT molecular complexity index is 1330. The Morgan fingerprint density at radius 2 is 1.52 bits per heavy atom. The average molecular weight is 461 g/mol. The largest absolute Gasteiger partial charge is 0.495 e. The molecule has 0 fully saturated rings. The van der Waals surface area contributed by atoms with E-state index in [1.54, 1.807) is 18.2 Å². The Kier molecular flexibility index (Phi) is 6.00. The topological polar surface area (TPSA) is 58.6 Å². The molecule has 3 aromatic rings. The Balaban J connectivity index is 1.92. The number of imide groups is 1. The van der Waals surface area contributed by atoms with Crippen molar-refractivity contribution in [1.29, 1.82) is 0 Å². The van der Waals surface area contributed by atoms with Crippen LogP contribution in [0.4, 0.5) is 11.4 Å². The van der Waals surface area contributed by atoms with E-state index in [2.05, 4.69) is 5.32 Å². The van der Waals surface area contributed by atoms with Crippen LogP contribution in [0.3, 0.4) is 0 Å². The van der Waals surface area contributed by atoms with Gasteiger partial charge in [0.15, 0.2) is 0 Å². The van der Waals surface area contributed by atoms with E-state index in [0.717, 1.165) is 22.3 Å². The number of anilines is 2. The minimum atomic E-state index is -0.425. The van der Waals surface area contributed by atoms with Gasteiger partial charge in [-0.15, -0.1) is 0 Å². The maximum absolute atomic E-state index is 13.8. The summed E-state index contributed by atoms with van der Waals surface area (Å²) < 4.78 is 5.45. The van der Waals surface area contributed by atoms with E-state index >= 15 is 0 Å². The molecule has 168 valence electrons. The lowest BCUT2D eigenvalue weighted by atomic mass is 9.97. The van der Waals surface area contributed by atoms with Gasteiger partial charge in [-0.25, -0.2) is 4.90 Å². The number of hydrogen-bond donors (Lipinski definition) is 1. The fourth-order valence-electron chi connectivity index (χ4n) is 4.08. The van der Waals surface area contributed by atoms with Crippen molar-refractivity contribution in [2.45, 2.75) is 27.7 Å². The van der Waals surface area contributed by atoms with Crippen LogP contribution >= 0.6 is 11.6 Å². The number of benzene rings is 3. The zero-order valence-corrected chi connectivity index (χ0v) is 20.0. The second kappa shape index (κ2) is 8.75. The lowest BCUT2D eigenvalue weighted by Gasteiger charge is -2.19. The van der Waals surface area contributed by atoms with Crippen molar-refractivity contribution in [2.24, 2.45) is 0 Å². The molecule has 1 N–H and O–H groups in total. The number of amides is 2. The first-order valence-corrected chi connectivity index (χ1v) is 11.0. The van der Waals surface area contributed by atoms with Crippen LogP contribution in [0.5, 0.6) is 5.75 Å². The summed E-state index contributed by atoms with van der Waals surface area (Å²) in [6, 6.07) is 16.6. The van der Waals surface area contributed by atoms with E-state index in [4.69, 9.17) is 16.3 Å². The Labute approximate surface area is 198 Å². The normalized spacial score (nSPS) is 13.7. The maximum Gasteiger partial charge on any atom is 0.282 e. The van der Waals surface area contributed by atoms with Crippen LogP contribution in [0.25, 0.3) is 5.57 Å². The Morgan fingerprint density at radius 1 is 0.818 bits per heavy atom. The summed E-state index contributed by atoms with van der Waals surface area (Å²) in [6.07, 6.45) is 0. The molecular weight excluding hydrogens is 436 g/mol. The standard InChI is InChI=1S/C27H25ClN2O3/c1-15-7-10-20(18(4)12-15)24-25(29-21-14-19(28)9-11-23(21)33-5)27(32)30(26(24)31)22-13-16(2)6-8-17(22)3/h6-14,29H,1-5H3. The lowest BCUT2D eigenvalue weighted by Crippen LogP contribution is -2.33. The van der Waals surface area contributed by atoms with Crippen molar-refractivity contribution in [3.63, 3.8) is 0 Å². The number of methoxy groups -OCH3 is 1. The number of carbonyl (C=O) groups is 2. The van der Waals surface area contributed by atoms with E-state index in [1.165, 1.54) is 12.0 Å². The molecule has 0 spiro atoms. The van der Waals surface area contributed by atoms with Gasteiger partial charge in [-0.1, -0.05) is 47.5 Å². The van der Waals surface area contributed by atoms with Crippen molar-refractivity contribution in [3.8, 4) is 5.75 Å². The van der Waals surface area contributed by atoms with Gasteiger partial charge >= 0.3 is 0 Å². The first kappa shape index (κ1) is 22.6. The van der Waals surface area contributed by atoms with Crippen LogP contribution in [0.2, 0.25) is 5.02 Å². The summed E-state index contributed by atoms with van der Waals surface area (Å²) in [4.78, 5) is 28.8. The van der Waals surface area contributed by atoms with E-state index in [9.17, 15) is 9.59 Å². The Morgan fingerprint density at radius 3 is 2.21 bits per heavy atom. The molecule has 2 amide bonds. The molecule has 0 saturated carbocycles. The van der Waals surface area contributed by atoms with Crippen LogP contribution in [-0.2, 0) is 9.59 Å². The highest BCUT2D eigenvalue weighted by Crippen LogP contribution is 2.38. The van der Waals surface area contributed by atoms with Crippen LogP contribution in [0, 0.1) is 27.7 Å². The SMILES string of the molecule is COc1ccc(Cl)cc1NC1=C(c2ccc(C)cc2C)C(=O)N(c2cc(C)ccc2C)C1=O. The summed E-state index contributed by atoms with van der Waals surface area (Å²) >= 11 is 6.21. The van der Waals surface area contributed by atoms with Gasteiger partial charge in [-0.3, -0.25) is 9.59 Å². The second-order valence-corrected chi connectivity index (χ2v) is 8.71. The molecule has 0 radical (unpaired) electrons. The number of nitrogens with zero attached hydrogens (tertiary/aromatic N) is 1. The van der Waals surface area contributed by atoms with Crippen molar-refractivity contribution in [1.82, 2.24) is 0 Å². The fraction of sp³-hybridized carbons (Fsp3) is 0.185. The third kappa shape index (κ3) is 4.12. The molecule has 1 aliphatic rings. The van der Waals surface area contributed by atoms with Crippen LogP contribution < -0.4 is 15.0 Å². The molecule has 5 nitrogen and oxygen atoms in total. The summed E-state index contributed by atoms with van der Waals surface area (Å²) in [5.41, 5.74) is 6.07. The van der Waals surface area contributed by atoms with Gasteiger partial charge in [0.2, 0.25) is 0 Å². The molecule has 6 heteroatoms. The smallest absolute Gasteiger partial charge is 0.282 e. The van der Waals surface area contributed by atoms with Crippen LogP contribution in [0.15, 0.2) is 60.3 Å². The maximum atomic E-state index is 13.8. The highest BCUT2D eigenvalue weighted by Gasteiger charge is 2.41. The molecule has 1 heterocycles. The first-order chi connectivity index (χ1) is 15.7. The second-order valence-electron chi connectivity index (χ2n) is 8.27. The highest BCUT2D eigenvalue weighted by atomic mass is 35.5. The van der Waals surface area contributed by atoms with Crippen molar-refractivity contribution in [3.05, 3.63) is 93.1 Å². The first-order valence-electron chi connectivity index (χ1n) is 10.6. The van der Waals surface area contributed by atoms with Gasteiger partial charge in [-0.05, 0) is 74.2 Å². The summed E-state index contributed by atoms with van der Waals surface area (Å²) in [5.74, 6) is -0.285. The van der Waals surface area contributed by atoms with Crippen LogP contribution in [-0.4, -0.2) is 18.9 Å². The molecule has 0 aromatic heterocycles. The molecule has 0 saturated heterocycles. The molecular formula is C27H25ClN2O3. The van der Waals surface area contributed by atoms with Crippen molar-refractivity contribution >= 4 is 40.4 Å². The highest BCUT2D eigenvalue weighted by molar-refractivity contribution is 6.46. The van der Waals surface area contributed by atoms with Crippen LogP contribution in [0.1, 0.15) is 27.8 Å². The van der Waals surface area contributed by atoms with E-state index in [0.29, 0.717) is 33.3 Å². The van der Waals surface area contributed by atoms with Gasteiger partial charge in [0.1, 0.15) is 11.4 Å². The third-order valence-corrected chi connectivity index (χ3v) is 6.00. The zero-order valence-electron chi connectivity index (χ0n) is 19.2. The van der Waals surface area contributed by atoms with Gasteiger partial charge in [0, 0.05) is 5.02 Å². The summed E-state index contributed by atoms with van der Waals surface area (Å²) in [7, 11) is 1.54. The minimum Gasteiger partial charge on any atom is -0.495 e. The number of ether oxygens (including phenoxy) is 1. The summed E-state index contributed by atoms with van der Waals surface area (Å²) in [6.45, 7) is 7.75. The van der Waals surface area contributed by atoms with Crippen molar-refractivity contribution < 1.29 is 14.3 Å². The zero-order chi connectivity index (χ0) is 23.9. The molecule has 0 bridgehead atoms. The third-order valence-electron chi connectivity index (χ3n) is 5.76. The van der Waals surface area contributed by atoms with E-state index in [-0.39, 0.29) is 11.6 Å². The van der Waals surface area contributed by atoms with Gasteiger partial charge in [-0.2, -0.15) is 0 Å². The predicted molar refractivity (Wildman–Crippen MR) is 133 cm³/mol. The van der Waals surface area contributed by atoms with E-state index in [1.807, 2.05) is 64.1 Å². The van der Waals surface area contributed by atoms with Crippen molar-refractivity contribution in [2.75, 3.05) is 17.3 Å². The number of hydrogen-bond acceptors (Lipinski definition) is 4. The molecule has 0 unspecified atom stereocenters. The molecule has 1 aliphatic heterocycles. The molecule has 33 heavy (non-hydrogen) atoms. The van der Waals surface area contributed by atoms with E-state index < -0.39 is 5.91 Å². The van der Waals surface area contributed by atoms with Gasteiger partial charge in [0.05, 0.1) is 24.1 Å². The minimum absolute atomic E-state index is 0.188. The monoisotopic (exact) mass is 460 g/mol. The Hall–Kier alpha value is -3.57. The summed E-state index contributed by atoms with van der Waals surface area (Å²) in [5, 5.41) is 3.65. The average Bonchev–Trinajstić information content (AvgIpc) is 3.00. The molecule has 4 rings (SSSR count). The lowest BCUT2D eigenvalue weighted by molar-refractivity contribution is -0.120. The molecule has 3 aromatic carbocycles. The number of aryl methyl sites for hydroxylation is 4. The fourth-order valence-corrected chi connectivity index (χ4v) is 4.25. The number of halogens is 1. The number of carbonyl (C=O) groups excluding carboxylic acids is 2. The number of rotatable bonds is 5.